The van der Waals surface area contributed by atoms with Gasteiger partial charge in [0.05, 0.1) is 6.61 Å². The SMILES string of the molecule is C=C/C(C)=C/COCC. The molecule has 0 atom stereocenters. The maximum absolute atomic E-state index is 5.08. The zero-order valence-electron chi connectivity index (χ0n) is 6.18. The van der Waals surface area contributed by atoms with Gasteiger partial charge >= 0.3 is 0 Å². The summed E-state index contributed by atoms with van der Waals surface area (Å²) in [4.78, 5) is 0. The maximum atomic E-state index is 5.08. The Labute approximate surface area is 57.0 Å². The predicted octanol–water partition coefficient (Wildman–Crippen LogP) is 2.16. The second-order valence-corrected chi connectivity index (χ2v) is 1.81. The number of allylic oxidation sites excluding steroid dienone is 2. The van der Waals surface area contributed by atoms with Crippen LogP contribution in [0.3, 0.4) is 0 Å². The Bertz CT molecular complexity index is 103. The minimum Gasteiger partial charge on any atom is -0.378 e. The van der Waals surface area contributed by atoms with E-state index < -0.39 is 0 Å². The minimum absolute atomic E-state index is 0.703. The van der Waals surface area contributed by atoms with Crippen molar-refractivity contribution in [3.63, 3.8) is 0 Å². The van der Waals surface area contributed by atoms with Gasteiger partial charge in [0.2, 0.25) is 0 Å². The highest BCUT2D eigenvalue weighted by molar-refractivity contribution is 5.12. The molecule has 52 valence electrons. The second-order valence-electron chi connectivity index (χ2n) is 1.81. The third-order valence-corrected chi connectivity index (χ3v) is 1.05. The summed E-state index contributed by atoms with van der Waals surface area (Å²) >= 11 is 0. The molecule has 0 fully saturated rings. The monoisotopic (exact) mass is 126 g/mol. The summed E-state index contributed by atoms with van der Waals surface area (Å²) in [6.45, 7) is 9.09. The molecule has 0 aromatic heterocycles. The molecule has 1 heteroatoms. The molecule has 0 N–H and O–H groups in total. The lowest BCUT2D eigenvalue weighted by Gasteiger charge is -1.93. The lowest BCUT2D eigenvalue weighted by Crippen LogP contribution is -1.88. The molecule has 9 heavy (non-hydrogen) atoms. The first-order valence-corrected chi connectivity index (χ1v) is 3.18. The van der Waals surface area contributed by atoms with Crippen LogP contribution in [0.15, 0.2) is 24.3 Å². The van der Waals surface area contributed by atoms with Crippen molar-refractivity contribution >= 4 is 0 Å². The normalized spacial score (nSPS) is 11.6. The summed E-state index contributed by atoms with van der Waals surface area (Å²) in [7, 11) is 0. The Morgan fingerprint density at radius 3 is 2.78 bits per heavy atom. The molecule has 0 rings (SSSR count). The number of hydrogen-bond donors (Lipinski definition) is 0. The van der Waals surface area contributed by atoms with E-state index in [1.807, 2.05) is 26.0 Å². The van der Waals surface area contributed by atoms with Gasteiger partial charge in [0.15, 0.2) is 0 Å². The van der Waals surface area contributed by atoms with E-state index in [2.05, 4.69) is 6.58 Å². The molecule has 0 aliphatic rings. The fourth-order valence-electron chi connectivity index (χ4n) is 0.392. The average Bonchev–Trinajstić information content (AvgIpc) is 1.89. The van der Waals surface area contributed by atoms with Crippen molar-refractivity contribution in [1.82, 2.24) is 0 Å². The summed E-state index contributed by atoms with van der Waals surface area (Å²) in [5.41, 5.74) is 1.17. The molecule has 0 unspecified atom stereocenters. The molecule has 0 aromatic carbocycles. The van der Waals surface area contributed by atoms with Crippen LogP contribution < -0.4 is 0 Å². The van der Waals surface area contributed by atoms with Crippen molar-refractivity contribution in [3.05, 3.63) is 24.3 Å². The van der Waals surface area contributed by atoms with Gasteiger partial charge in [-0.05, 0) is 13.8 Å². The van der Waals surface area contributed by atoms with Gasteiger partial charge in [-0.15, -0.1) is 0 Å². The highest BCUT2D eigenvalue weighted by atomic mass is 16.5. The number of rotatable bonds is 4. The van der Waals surface area contributed by atoms with E-state index in [-0.39, 0.29) is 0 Å². The summed E-state index contributed by atoms with van der Waals surface area (Å²) < 4.78 is 5.08. The van der Waals surface area contributed by atoms with Crippen LogP contribution in [0.25, 0.3) is 0 Å². The fourth-order valence-corrected chi connectivity index (χ4v) is 0.392. The van der Waals surface area contributed by atoms with Gasteiger partial charge in [-0.3, -0.25) is 0 Å². The van der Waals surface area contributed by atoms with Crippen LogP contribution in [0.1, 0.15) is 13.8 Å². The van der Waals surface area contributed by atoms with Crippen LogP contribution >= 0.6 is 0 Å². The van der Waals surface area contributed by atoms with E-state index in [0.717, 1.165) is 6.61 Å². The van der Waals surface area contributed by atoms with Crippen LogP contribution in [0, 0.1) is 0 Å². The molecule has 0 bridgehead atoms. The van der Waals surface area contributed by atoms with E-state index in [0.29, 0.717) is 6.61 Å². The highest BCUT2D eigenvalue weighted by Crippen LogP contribution is 1.91. The summed E-state index contributed by atoms with van der Waals surface area (Å²) in [5.74, 6) is 0. The average molecular weight is 126 g/mol. The van der Waals surface area contributed by atoms with Crippen molar-refractivity contribution in [2.24, 2.45) is 0 Å². The molecular formula is C8H14O. The predicted molar refractivity (Wildman–Crippen MR) is 40.4 cm³/mol. The van der Waals surface area contributed by atoms with Crippen molar-refractivity contribution in [2.75, 3.05) is 13.2 Å². The van der Waals surface area contributed by atoms with E-state index in [1.54, 1.807) is 0 Å². The maximum Gasteiger partial charge on any atom is 0.0652 e. The van der Waals surface area contributed by atoms with Gasteiger partial charge in [0.1, 0.15) is 0 Å². The molecule has 0 amide bonds. The van der Waals surface area contributed by atoms with E-state index >= 15 is 0 Å². The van der Waals surface area contributed by atoms with Gasteiger partial charge in [0, 0.05) is 6.61 Å². The van der Waals surface area contributed by atoms with Crippen molar-refractivity contribution in [3.8, 4) is 0 Å². The van der Waals surface area contributed by atoms with Gasteiger partial charge in [-0.1, -0.05) is 24.3 Å². The van der Waals surface area contributed by atoms with Crippen LogP contribution in [-0.2, 0) is 4.74 Å². The Hall–Kier alpha value is -0.560. The number of ether oxygens (including phenoxy) is 1. The third-order valence-electron chi connectivity index (χ3n) is 1.05. The van der Waals surface area contributed by atoms with Crippen molar-refractivity contribution in [2.45, 2.75) is 13.8 Å². The first kappa shape index (κ1) is 8.44. The third kappa shape index (κ3) is 5.31. The first-order chi connectivity index (χ1) is 4.31. The smallest absolute Gasteiger partial charge is 0.0652 e. The van der Waals surface area contributed by atoms with E-state index in [4.69, 9.17) is 4.74 Å². The molecule has 0 saturated heterocycles. The largest absolute Gasteiger partial charge is 0.378 e. The van der Waals surface area contributed by atoms with Gasteiger partial charge in [-0.25, -0.2) is 0 Å². The summed E-state index contributed by atoms with van der Waals surface area (Å²) in [6.07, 6.45) is 3.83. The first-order valence-electron chi connectivity index (χ1n) is 3.18. The van der Waals surface area contributed by atoms with Crippen molar-refractivity contribution in [1.29, 1.82) is 0 Å². The Morgan fingerprint density at radius 1 is 1.67 bits per heavy atom. The zero-order chi connectivity index (χ0) is 7.11. The lowest BCUT2D eigenvalue weighted by molar-refractivity contribution is 0.177. The second kappa shape index (κ2) is 5.57. The Balaban J connectivity index is 3.31. The molecule has 0 spiro atoms. The quantitative estimate of drug-likeness (QED) is 0.414. The highest BCUT2D eigenvalue weighted by Gasteiger charge is 1.78. The molecule has 0 aliphatic heterocycles. The summed E-state index contributed by atoms with van der Waals surface area (Å²) in [6, 6.07) is 0. The van der Waals surface area contributed by atoms with Crippen LogP contribution in [0.5, 0.6) is 0 Å². The van der Waals surface area contributed by atoms with Crippen LogP contribution in [0.4, 0.5) is 0 Å². The van der Waals surface area contributed by atoms with Gasteiger partial charge in [-0.2, -0.15) is 0 Å². The summed E-state index contributed by atoms with van der Waals surface area (Å²) in [5, 5.41) is 0. The van der Waals surface area contributed by atoms with Crippen LogP contribution in [0.2, 0.25) is 0 Å². The molecule has 0 heterocycles. The van der Waals surface area contributed by atoms with Crippen LogP contribution in [-0.4, -0.2) is 13.2 Å². The molecular weight excluding hydrogens is 112 g/mol. The minimum atomic E-state index is 0.703. The van der Waals surface area contributed by atoms with E-state index in [1.165, 1.54) is 5.57 Å². The fraction of sp³-hybridized carbons (Fsp3) is 0.500. The Kier molecular flexibility index (Phi) is 5.23. The van der Waals surface area contributed by atoms with Crippen molar-refractivity contribution < 1.29 is 4.74 Å². The molecule has 0 aliphatic carbocycles. The molecule has 0 saturated carbocycles. The molecule has 1 nitrogen and oxygen atoms in total. The van der Waals surface area contributed by atoms with Gasteiger partial charge in [0.25, 0.3) is 0 Å². The topological polar surface area (TPSA) is 9.23 Å². The Morgan fingerprint density at radius 2 is 2.33 bits per heavy atom. The van der Waals surface area contributed by atoms with E-state index in [9.17, 15) is 0 Å². The number of hydrogen-bond acceptors (Lipinski definition) is 1. The van der Waals surface area contributed by atoms with Gasteiger partial charge < -0.3 is 4.74 Å². The molecule has 0 radical (unpaired) electrons. The zero-order valence-corrected chi connectivity index (χ0v) is 6.18. The molecule has 0 aromatic rings. The lowest BCUT2D eigenvalue weighted by atomic mass is 10.3. The standard InChI is InChI=1S/C8H14O/c1-4-8(3)6-7-9-5-2/h4,6H,1,5,7H2,2-3H3/b8-6+.